The molecule has 7 nitrogen and oxygen atoms in total. The molecule has 2 N–H and O–H groups in total. The van der Waals surface area contributed by atoms with E-state index in [0.29, 0.717) is 27.6 Å². The number of para-hydroxylation sites is 2. The fourth-order valence-corrected chi connectivity index (χ4v) is 3.06. The number of benzene rings is 2. The van der Waals surface area contributed by atoms with E-state index in [0.717, 1.165) is 0 Å². The van der Waals surface area contributed by atoms with Gasteiger partial charge in [0.05, 0.1) is 12.8 Å². The van der Waals surface area contributed by atoms with Gasteiger partial charge in [0.25, 0.3) is 11.8 Å². The lowest BCUT2D eigenvalue weighted by Gasteiger charge is -2.10. The Kier molecular flexibility index (Phi) is 6.59. The van der Waals surface area contributed by atoms with Crippen molar-refractivity contribution < 1.29 is 23.9 Å². The van der Waals surface area contributed by atoms with Crippen LogP contribution >= 0.6 is 11.3 Å². The first-order valence-corrected chi connectivity index (χ1v) is 9.49. The van der Waals surface area contributed by atoms with Gasteiger partial charge in [-0.1, -0.05) is 18.2 Å². The maximum atomic E-state index is 12.4. The van der Waals surface area contributed by atoms with E-state index in [4.69, 9.17) is 9.47 Å². The third kappa shape index (κ3) is 5.43. The quantitative estimate of drug-likeness (QED) is 0.578. The van der Waals surface area contributed by atoms with E-state index in [1.54, 1.807) is 60.0 Å². The molecule has 0 bridgehead atoms. The van der Waals surface area contributed by atoms with Crippen LogP contribution in [0.1, 0.15) is 20.0 Å². The normalized spacial score (nSPS) is 10.1. The Balaban J connectivity index is 1.53. The van der Waals surface area contributed by atoms with Gasteiger partial charge in [0.2, 0.25) is 0 Å². The van der Waals surface area contributed by atoms with E-state index in [-0.39, 0.29) is 5.91 Å². The summed E-state index contributed by atoms with van der Waals surface area (Å²) in [6, 6.07) is 16.8. The van der Waals surface area contributed by atoms with Gasteiger partial charge in [-0.05, 0) is 47.8 Å². The minimum atomic E-state index is -0.543. The molecule has 0 unspecified atom stereocenters. The lowest BCUT2D eigenvalue weighted by molar-refractivity contribution is -0.119. The van der Waals surface area contributed by atoms with E-state index in [9.17, 15) is 14.4 Å². The molecule has 0 radical (unpaired) electrons. The molecule has 2 aromatic carbocycles. The smallest absolute Gasteiger partial charge is 0.348 e. The summed E-state index contributed by atoms with van der Waals surface area (Å²) in [5.74, 6) is -0.765. The average Bonchev–Trinajstić information content (AvgIpc) is 3.28. The third-order valence-corrected chi connectivity index (χ3v) is 4.69. The van der Waals surface area contributed by atoms with Crippen molar-refractivity contribution in [3.8, 4) is 5.75 Å². The fourth-order valence-electron chi connectivity index (χ4n) is 2.44. The van der Waals surface area contributed by atoms with Crippen LogP contribution in [0.3, 0.4) is 0 Å². The summed E-state index contributed by atoms with van der Waals surface area (Å²) in [6.07, 6.45) is 0. The first kappa shape index (κ1) is 20.1. The lowest BCUT2D eigenvalue weighted by Crippen LogP contribution is -2.20. The Bertz CT molecular complexity index is 1000. The van der Waals surface area contributed by atoms with Crippen LogP contribution < -0.4 is 15.4 Å². The molecule has 0 aliphatic carbocycles. The van der Waals surface area contributed by atoms with Crippen molar-refractivity contribution in [1.82, 2.24) is 0 Å². The predicted octanol–water partition coefficient (Wildman–Crippen LogP) is 3.80. The summed E-state index contributed by atoms with van der Waals surface area (Å²) in [7, 11) is 1.53. The van der Waals surface area contributed by atoms with Crippen LogP contribution in [-0.4, -0.2) is 31.5 Å². The number of amides is 2. The van der Waals surface area contributed by atoms with Gasteiger partial charge in [-0.3, -0.25) is 9.59 Å². The molecular formula is C21H18N2O5S. The molecule has 1 heterocycles. The standard InChI is InChI=1S/C21H18N2O5S/c1-27-17-6-3-2-5-16(17)23-20(25)14-8-10-15(11-9-14)22-19(24)13-28-21(26)18-7-4-12-29-18/h2-12H,13H2,1H3,(H,22,24)(H,23,25). The number of anilines is 2. The van der Waals surface area contributed by atoms with E-state index < -0.39 is 18.5 Å². The fraction of sp³-hybridized carbons (Fsp3) is 0.0952. The predicted molar refractivity (Wildman–Crippen MR) is 111 cm³/mol. The van der Waals surface area contributed by atoms with Crippen molar-refractivity contribution in [2.45, 2.75) is 0 Å². The summed E-state index contributed by atoms with van der Waals surface area (Å²) in [4.78, 5) is 36.5. The number of ether oxygens (including phenoxy) is 2. The van der Waals surface area contributed by atoms with Crippen molar-refractivity contribution in [1.29, 1.82) is 0 Å². The Morgan fingerprint density at radius 1 is 0.931 bits per heavy atom. The summed E-state index contributed by atoms with van der Waals surface area (Å²) in [5.41, 5.74) is 1.46. The van der Waals surface area contributed by atoms with Gasteiger partial charge in [-0.15, -0.1) is 11.3 Å². The summed E-state index contributed by atoms with van der Waals surface area (Å²) in [6.45, 7) is -0.396. The molecule has 148 valence electrons. The molecule has 29 heavy (non-hydrogen) atoms. The molecule has 0 saturated heterocycles. The monoisotopic (exact) mass is 410 g/mol. The van der Waals surface area contributed by atoms with Crippen LogP contribution in [0.2, 0.25) is 0 Å². The first-order chi connectivity index (χ1) is 14.1. The van der Waals surface area contributed by atoms with Crippen LogP contribution in [0.25, 0.3) is 0 Å². The molecule has 0 aliphatic rings. The highest BCUT2D eigenvalue weighted by Crippen LogP contribution is 2.23. The maximum Gasteiger partial charge on any atom is 0.348 e. The lowest BCUT2D eigenvalue weighted by atomic mass is 10.2. The maximum absolute atomic E-state index is 12.4. The van der Waals surface area contributed by atoms with Crippen LogP contribution in [-0.2, 0) is 9.53 Å². The number of hydrogen-bond acceptors (Lipinski definition) is 6. The zero-order valence-corrected chi connectivity index (χ0v) is 16.3. The summed E-state index contributed by atoms with van der Waals surface area (Å²) in [5, 5.41) is 7.14. The minimum absolute atomic E-state index is 0.308. The van der Waals surface area contributed by atoms with Gasteiger partial charge in [0.15, 0.2) is 6.61 Å². The molecule has 0 aliphatic heterocycles. The second-order valence-corrected chi connectivity index (χ2v) is 6.78. The van der Waals surface area contributed by atoms with Crippen LogP contribution in [0.15, 0.2) is 66.0 Å². The molecule has 3 aromatic rings. The third-order valence-electron chi connectivity index (χ3n) is 3.84. The second kappa shape index (κ2) is 9.52. The van der Waals surface area contributed by atoms with Gasteiger partial charge in [0.1, 0.15) is 10.6 Å². The van der Waals surface area contributed by atoms with E-state index in [1.165, 1.54) is 18.4 Å². The highest BCUT2D eigenvalue weighted by molar-refractivity contribution is 7.11. The molecular weight excluding hydrogens is 392 g/mol. The summed E-state index contributed by atoms with van der Waals surface area (Å²) >= 11 is 1.24. The Morgan fingerprint density at radius 2 is 1.69 bits per heavy atom. The number of methoxy groups -OCH3 is 1. The molecule has 2 amide bonds. The van der Waals surface area contributed by atoms with Gasteiger partial charge in [-0.2, -0.15) is 0 Å². The molecule has 1 aromatic heterocycles. The topological polar surface area (TPSA) is 93.7 Å². The van der Waals surface area contributed by atoms with E-state index in [2.05, 4.69) is 10.6 Å². The van der Waals surface area contributed by atoms with Gasteiger partial charge in [0, 0.05) is 11.3 Å². The number of hydrogen-bond donors (Lipinski definition) is 2. The number of esters is 1. The Labute approximate surface area is 171 Å². The minimum Gasteiger partial charge on any atom is -0.495 e. The number of thiophene rings is 1. The van der Waals surface area contributed by atoms with Crippen molar-refractivity contribution >= 4 is 40.5 Å². The van der Waals surface area contributed by atoms with Crippen molar-refractivity contribution in [3.05, 3.63) is 76.5 Å². The Morgan fingerprint density at radius 3 is 2.38 bits per heavy atom. The number of carbonyl (C=O) groups excluding carboxylic acids is 3. The SMILES string of the molecule is COc1ccccc1NC(=O)c1ccc(NC(=O)COC(=O)c2cccs2)cc1. The highest BCUT2D eigenvalue weighted by atomic mass is 32.1. The largest absolute Gasteiger partial charge is 0.495 e. The van der Waals surface area contributed by atoms with Crippen LogP contribution in [0.5, 0.6) is 5.75 Å². The molecule has 3 rings (SSSR count). The highest BCUT2D eigenvalue weighted by Gasteiger charge is 2.12. The Hall–Kier alpha value is -3.65. The number of nitrogens with one attached hydrogen (secondary N) is 2. The zero-order valence-electron chi connectivity index (χ0n) is 15.5. The van der Waals surface area contributed by atoms with E-state index >= 15 is 0 Å². The van der Waals surface area contributed by atoms with Crippen LogP contribution in [0.4, 0.5) is 11.4 Å². The molecule has 0 saturated carbocycles. The van der Waals surface area contributed by atoms with Gasteiger partial charge >= 0.3 is 5.97 Å². The van der Waals surface area contributed by atoms with Crippen molar-refractivity contribution in [3.63, 3.8) is 0 Å². The molecule has 0 fully saturated rings. The second-order valence-electron chi connectivity index (χ2n) is 5.83. The molecule has 8 heteroatoms. The first-order valence-electron chi connectivity index (χ1n) is 8.61. The number of carbonyl (C=O) groups is 3. The average molecular weight is 410 g/mol. The zero-order chi connectivity index (χ0) is 20.6. The van der Waals surface area contributed by atoms with Crippen molar-refractivity contribution in [2.24, 2.45) is 0 Å². The molecule has 0 spiro atoms. The summed E-state index contributed by atoms with van der Waals surface area (Å²) < 4.78 is 10.2. The van der Waals surface area contributed by atoms with Gasteiger partial charge in [-0.25, -0.2) is 4.79 Å². The van der Waals surface area contributed by atoms with Gasteiger partial charge < -0.3 is 20.1 Å². The van der Waals surface area contributed by atoms with Crippen molar-refractivity contribution in [2.75, 3.05) is 24.4 Å². The van der Waals surface area contributed by atoms with E-state index in [1.807, 2.05) is 6.07 Å². The molecule has 0 atom stereocenters. The number of rotatable bonds is 7. The van der Waals surface area contributed by atoms with Crippen LogP contribution in [0, 0.1) is 0 Å².